The number of nitrogens with two attached hydrogens (primary N) is 2. The number of rotatable bonds is 6. The average molecular weight is 350 g/mol. The molecule has 1 atom stereocenters. The molecule has 0 aliphatic heterocycles. The van der Waals surface area contributed by atoms with E-state index in [-0.39, 0.29) is 23.2 Å². The van der Waals surface area contributed by atoms with E-state index in [9.17, 15) is 19.3 Å². The second kappa shape index (κ2) is 6.14. The average Bonchev–Trinajstić information content (AvgIpc) is 2.32. The van der Waals surface area contributed by atoms with Gasteiger partial charge in [0.2, 0.25) is 5.91 Å². The summed E-state index contributed by atoms with van der Waals surface area (Å²) >= 11 is 2.85. The third kappa shape index (κ3) is 3.87. The van der Waals surface area contributed by atoms with Crippen LogP contribution in [0.5, 0.6) is 5.75 Å². The highest BCUT2D eigenvalue weighted by Crippen LogP contribution is 2.32. The zero-order chi connectivity index (χ0) is 15.5. The van der Waals surface area contributed by atoms with Gasteiger partial charge in [-0.1, -0.05) is 0 Å². The molecular formula is C11H13BrFN3O4. The summed E-state index contributed by atoms with van der Waals surface area (Å²) < 4.78 is 18.4. The van der Waals surface area contributed by atoms with Gasteiger partial charge in [0, 0.05) is 18.6 Å². The molecule has 0 radical (unpaired) electrons. The molecule has 0 aromatic heterocycles. The number of benzene rings is 1. The first-order valence-corrected chi connectivity index (χ1v) is 6.29. The standard InChI is InChI=1S/C11H13BrFN3O4/c1-11(15,10(14)17)2-3-20-9-5-7(13)6(12)4-8(9)16(18)19/h4-5H,2-3,15H2,1H3,(H2,14,17). The maximum atomic E-state index is 13.4. The van der Waals surface area contributed by atoms with Crippen molar-refractivity contribution in [3.8, 4) is 5.75 Å². The lowest BCUT2D eigenvalue weighted by Gasteiger charge is -2.20. The zero-order valence-corrected chi connectivity index (χ0v) is 12.1. The molecule has 0 aliphatic carbocycles. The number of nitrogens with zero attached hydrogens (tertiary/aromatic N) is 1. The van der Waals surface area contributed by atoms with E-state index >= 15 is 0 Å². The van der Waals surface area contributed by atoms with Crippen LogP contribution >= 0.6 is 15.9 Å². The number of nitro groups is 1. The van der Waals surface area contributed by atoms with Crippen LogP contribution in [0.4, 0.5) is 10.1 Å². The van der Waals surface area contributed by atoms with E-state index in [1.807, 2.05) is 0 Å². The lowest BCUT2D eigenvalue weighted by atomic mass is 9.99. The van der Waals surface area contributed by atoms with Crippen molar-refractivity contribution in [2.45, 2.75) is 18.9 Å². The second-order valence-corrected chi connectivity index (χ2v) is 5.23. The van der Waals surface area contributed by atoms with Crippen molar-refractivity contribution >= 4 is 27.5 Å². The molecule has 0 bridgehead atoms. The summed E-state index contributed by atoms with van der Waals surface area (Å²) in [7, 11) is 0. The molecule has 110 valence electrons. The van der Waals surface area contributed by atoms with E-state index in [1.165, 1.54) is 6.92 Å². The topological polar surface area (TPSA) is 121 Å². The van der Waals surface area contributed by atoms with Crippen LogP contribution in [0.25, 0.3) is 0 Å². The summed E-state index contributed by atoms with van der Waals surface area (Å²) in [5.41, 5.74) is 8.99. The largest absolute Gasteiger partial charge is 0.487 e. The van der Waals surface area contributed by atoms with Gasteiger partial charge in [-0.05, 0) is 22.9 Å². The highest BCUT2D eigenvalue weighted by molar-refractivity contribution is 9.10. The van der Waals surface area contributed by atoms with E-state index in [0.717, 1.165) is 12.1 Å². The number of hydrogen-bond donors (Lipinski definition) is 2. The maximum absolute atomic E-state index is 13.4. The predicted octanol–water partition coefficient (Wildman–Crippen LogP) is 1.47. The minimum Gasteiger partial charge on any atom is -0.487 e. The SMILES string of the molecule is CC(N)(CCOc1cc(F)c(Br)cc1[N+](=O)[O-])C(N)=O. The van der Waals surface area contributed by atoms with Crippen LogP contribution in [0, 0.1) is 15.9 Å². The summed E-state index contributed by atoms with van der Waals surface area (Å²) in [6.45, 7) is 1.30. The van der Waals surface area contributed by atoms with Gasteiger partial charge in [-0.3, -0.25) is 14.9 Å². The minimum atomic E-state index is -1.30. The van der Waals surface area contributed by atoms with E-state index < -0.39 is 27.9 Å². The Labute approximate surface area is 122 Å². The fourth-order valence-corrected chi connectivity index (χ4v) is 1.60. The molecule has 4 N–H and O–H groups in total. The van der Waals surface area contributed by atoms with Crippen molar-refractivity contribution in [2.75, 3.05) is 6.61 Å². The number of primary amides is 1. The monoisotopic (exact) mass is 349 g/mol. The highest BCUT2D eigenvalue weighted by Gasteiger charge is 2.26. The van der Waals surface area contributed by atoms with E-state index in [2.05, 4.69) is 15.9 Å². The Balaban J connectivity index is 2.85. The molecule has 0 heterocycles. The Morgan fingerprint density at radius 2 is 2.20 bits per heavy atom. The Bertz CT molecular complexity index is 551. The molecule has 1 rings (SSSR count). The first kappa shape index (κ1) is 16.3. The number of amides is 1. The zero-order valence-electron chi connectivity index (χ0n) is 10.6. The van der Waals surface area contributed by atoms with Crippen LogP contribution in [0.15, 0.2) is 16.6 Å². The first-order chi connectivity index (χ1) is 9.15. The van der Waals surface area contributed by atoms with Gasteiger partial charge in [0.1, 0.15) is 5.82 Å². The van der Waals surface area contributed by atoms with Crippen molar-refractivity contribution in [1.82, 2.24) is 0 Å². The normalized spacial score (nSPS) is 13.6. The third-order valence-electron chi connectivity index (χ3n) is 2.64. The van der Waals surface area contributed by atoms with Crippen LogP contribution in [-0.4, -0.2) is 23.0 Å². The Hall–Kier alpha value is -1.74. The Morgan fingerprint density at radius 3 is 2.70 bits per heavy atom. The maximum Gasteiger partial charge on any atom is 0.312 e. The summed E-state index contributed by atoms with van der Waals surface area (Å²) in [5.74, 6) is -1.66. The second-order valence-electron chi connectivity index (χ2n) is 4.37. The van der Waals surface area contributed by atoms with Crippen molar-refractivity contribution in [2.24, 2.45) is 11.5 Å². The van der Waals surface area contributed by atoms with Gasteiger partial charge in [0.25, 0.3) is 0 Å². The highest BCUT2D eigenvalue weighted by atomic mass is 79.9. The number of halogens is 2. The molecule has 1 amide bonds. The molecule has 0 saturated heterocycles. The molecule has 0 fully saturated rings. The van der Waals surface area contributed by atoms with Crippen LogP contribution in [0.3, 0.4) is 0 Å². The van der Waals surface area contributed by atoms with Crippen LogP contribution in [0.2, 0.25) is 0 Å². The lowest BCUT2D eigenvalue weighted by Crippen LogP contribution is -2.50. The van der Waals surface area contributed by atoms with Crippen molar-refractivity contribution in [3.05, 3.63) is 32.5 Å². The van der Waals surface area contributed by atoms with Gasteiger partial charge in [0.15, 0.2) is 5.75 Å². The summed E-state index contributed by atoms with van der Waals surface area (Å²) in [5, 5.41) is 10.8. The van der Waals surface area contributed by atoms with E-state index in [4.69, 9.17) is 16.2 Å². The Morgan fingerprint density at radius 1 is 1.60 bits per heavy atom. The number of carbonyl (C=O) groups is 1. The van der Waals surface area contributed by atoms with Gasteiger partial charge in [-0.15, -0.1) is 0 Å². The number of ether oxygens (including phenoxy) is 1. The van der Waals surface area contributed by atoms with Crippen molar-refractivity contribution < 1.29 is 18.8 Å². The number of nitro benzene ring substituents is 1. The number of carbonyl (C=O) groups excluding carboxylic acids is 1. The predicted molar refractivity (Wildman–Crippen MR) is 72.7 cm³/mol. The van der Waals surface area contributed by atoms with Gasteiger partial charge in [-0.2, -0.15) is 0 Å². The smallest absolute Gasteiger partial charge is 0.312 e. The molecule has 1 aromatic rings. The fraction of sp³-hybridized carbons (Fsp3) is 0.364. The molecule has 20 heavy (non-hydrogen) atoms. The summed E-state index contributed by atoms with van der Waals surface area (Å²) in [6, 6.07) is 1.89. The van der Waals surface area contributed by atoms with Crippen molar-refractivity contribution in [1.29, 1.82) is 0 Å². The molecule has 7 nitrogen and oxygen atoms in total. The van der Waals surface area contributed by atoms with Crippen LogP contribution in [0.1, 0.15) is 13.3 Å². The minimum absolute atomic E-state index is 0.0389. The molecule has 0 aliphatic rings. The third-order valence-corrected chi connectivity index (χ3v) is 3.25. The molecule has 1 unspecified atom stereocenters. The van der Waals surface area contributed by atoms with Gasteiger partial charge in [0.05, 0.1) is 21.5 Å². The van der Waals surface area contributed by atoms with Gasteiger partial charge >= 0.3 is 5.69 Å². The van der Waals surface area contributed by atoms with Gasteiger partial charge < -0.3 is 16.2 Å². The molecule has 1 aromatic carbocycles. The Kier molecular flexibility index (Phi) is 5.01. The quantitative estimate of drug-likeness (QED) is 0.594. The molecule has 0 saturated carbocycles. The summed E-state index contributed by atoms with van der Waals surface area (Å²) in [4.78, 5) is 21.1. The number of hydrogen-bond acceptors (Lipinski definition) is 5. The van der Waals surface area contributed by atoms with Crippen LogP contribution in [-0.2, 0) is 4.79 Å². The molecule has 9 heteroatoms. The van der Waals surface area contributed by atoms with Crippen LogP contribution < -0.4 is 16.2 Å². The first-order valence-electron chi connectivity index (χ1n) is 5.50. The van der Waals surface area contributed by atoms with Crippen molar-refractivity contribution in [3.63, 3.8) is 0 Å². The van der Waals surface area contributed by atoms with E-state index in [1.54, 1.807) is 0 Å². The van der Waals surface area contributed by atoms with E-state index in [0.29, 0.717) is 0 Å². The molecular weight excluding hydrogens is 337 g/mol. The lowest BCUT2D eigenvalue weighted by molar-refractivity contribution is -0.386. The molecule has 0 spiro atoms. The summed E-state index contributed by atoms with van der Waals surface area (Å²) in [6.07, 6.45) is 0.0389. The van der Waals surface area contributed by atoms with Gasteiger partial charge in [-0.25, -0.2) is 4.39 Å². The fourth-order valence-electron chi connectivity index (χ4n) is 1.27.